The van der Waals surface area contributed by atoms with Gasteiger partial charge in [0.25, 0.3) is 5.91 Å². The number of carbonyl (C=O) groups excluding carboxylic acids is 1. The molecule has 2 aromatic carbocycles. The second-order valence-electron chi connectivity index (χ2n) is 5.98. The van der Waals surface area contributed by atoms with Gasteiger partial charge >= 0.3 is 0 Å². The molecule has 0 aromatic heterocycles. The number of rotatable bonds is 4. The number of ether oxygens (including phenoxy) is 3. The van der Waals surface area contributed by atoms with E-state index in [0.717, 1.165) is 23.2 Å². The molecule has 0 N–H and O–H groups in total. The minimum atomic E-state index is 0.0165. The van der Waals surface area contributed by atoms with E-state index in [1.165, 1.54) is 0 Å². The minimum absolute atomic E-state index is 0.0165. The molecule has 128 valence electrons. The first-order valence-corrected chi connectivity index (χ1v) is 8.33. The van der Waals surface area contributed by atoms with Gasteiger partial charge in [-0.05, 0) is 24.6 Å². The van der Waals surface area contributed by atoms with Crippen molar-refractivity contribution in [2.45, 2.75) is 13.3 Å². The first-order valence-electron chi connectivity index (χ1n) is 8.33. The van der Waals surface area contributed by atoms with E-state index >= 15 is 0 Å². The average Bonchev–Trinajstić information content (AvgIpc) is 3.19. The van der Waals surface area contributed by atoms with Crippen molar-refractivity contribution in [3.8, 4) is 17.2 Å². The Balaban J connectivity index is 1.83. The van der Waals surface area contributed by atoms with Gasteiger partial charge in [-0.3, -0.25) is 4.79 Å². The van der Waals surface area contributed by atoms with E-state index in [1.807, 2.05) is 41.3 Å². The van der Waals surface area contributed by atoms with Crippen LogP contribution in [0, 0.1) is 0 Å². The number of nitrogens with zero attached hydrogens (tertiary/aromatic N) is 1. The van der Waals surface area contributed by atoms with Crippen LogP contribution in [0.25, 0.3) is 11.6 Å². The number of amides is 1. The van der Waals surface area contributed by atoms with E-state index in [0.29, 0.717) is 29.4 Å². The number of hydrogen-bond donors (Lipinski definition) is 0. The Morgan fingerprint density at radius 3 is 2.72 bits per heavy atom. The third-order valence-electron chi connectivity index (χ3n) is 4.43. The van der Waals surface area contributed by atoms with Crippen LogP contribution in [0.5, 0.6) is 17.2 Å². The molecule has 0 aliphatic carbocycles. The van der Waals surface area contributed by atoms with Crippen molar-refractivity contribution in [3.63, 3.8) is 0 Å². The summed E-state index contributed by atoms with van der Waals surface area (Å²) in [6, 6.07) is 11.5. The third-order valence-corrected chi connectivity index (χ3v) is 4.43. The Hall–Kier alpha value is -2.95. The average molecular weight is 337 g/mol. The Bertz CT molecular complexity index is 872. The van der Waals surface area contributed by atoms with Crippen molar-refractivity contribution >= 4 is 23.2 Å². The van der Waals surface area contributed by atoms with Crippen LogP contribution in [0.15, 0.2) is 36.4 Å². The van der Waals surface area contributed by atoms with Gasteiger partial charge in [0, 0.05) is 29.3 Å². The van der Waals surface area contributed by atoms with Crippen molar-refractivity contribution in [3.05, 3.63) is 47.5 Å². The molecule has 0 spiro atoms. The van der Waals surface area contributed by atoms with E-state index in [9.17, 15) is 4.79 Å². The molecular weight excluding hydrogens is 318 g/mol. The molecular formula is C20H19NO4. The molecule has 2 heterocycles. The SMILES string of the molecule is CCCN1C(=O)/C(=C\c2cc3c(cc2OC)OCO3)c2ccccc21. The highest BCUT2D eigenvalue weighted by Gasteiger charge is 2.31. The van der Waals surface area contributed by atoms with Crippen molar-refractivity contribution in [1.82, 2.24) is 0 Å². The van der Waals surface area contributed by atoms with Gasteiger partial charge in [0.05, 0.1) is 12.8 Å². The fourth-order valence-electron chi connectivity index (χ4n) is 3.28. The predicted molar refractivity (Wildman–Crippen MR) is 96.1 cm³/mol. The highest BCUT2D eigenvalue weighted by Crippen LogP contribution is 2.42. The van der Waals surface area contributed by atoms with Crippen LogP contribution in [0.3, 0.4) is 0 Å². The molecule has 0 fully saturated rings. The van der Waals surface area contributed by atoms with Crippen LogP contribution < -0.4 is 19.1 Å². The van der Waals surface area contributed by atoms with Crippen molar-refractivity contribution in [1.29, 1.82) is 0 Å². The second kappa shape index (κ2) is 6.16. The summed E-state index contributed by atoms with van der Waals surface area (Å²) in [5.74, 6) is 1.99. The fourth-order valence-corrected chi connectivity index (χ4v) is 3.28. The number of fused-ring (bicyclic) bond motifs is 2. The van der Waals surface area contributed by atoms with Gasteiger partial charge in [-0.25, -0.2) is 0 Å². The Morgan fingerprint density at radius 2 is 1.96 bits per heavy atom. The monoisotopic (exact) mass is 337 g/mol. The number of hydrogen-bond acceptors (Lipinski definition) is 4. The second-order valence-corrected chi connectivity index (χ2v) is 5.98. The molecule has 0 bridgehead atoms. The number of anilines is 1. The molecule has 0 radical (unpaired) electrons. The zero-order valence-electron chi connectivity index (χ0n) is 14.2. The maximum absolute atomic E-state index is 13.0. The predicted octanol–water partition coefficient (Wildman–Crippen LogP) is 3.72. The van der Waals surface area contributed by atoms with Crippen LogP contribution in [0.2, 0.25) is 0 Å². The summed E-state index contributed by atoms with van der Waals surface area (Å²) < 4.78 is 16.3. The smallest absolute Gasteiger partial charge is 0.258 e. The number of benzene rings is 2. The van der Waals surface area contributed by atoms with E-state index in [1.54, 1.807) is 13.2 Å². The maximum Gasteiger partial charge on any atom is 0.258 e. The Kier molecular flexibility index (Phi) is 3.84. The highest BCUT2D eigenvalue weighted by atomic mass is 16.7. The van der Waals surface area contributed by atoms with E-state index in [4.69, 9.17) is 14.2 Å². The first kappa shape index (κ1) is 15.6. The zero-order chi connectivity index (χ0) is 17.4. The largest absolute Gasteiger partial charge is 0.496 e. The lowest BCUT2D eigenvalue weighted by atomic mass is 10.0. The van der Waals surface area contributed by atoms with Crippen LogP contribution >= 0.6 is 0 Å². The van der Waals surface area contributed by atoms with Crippen LogP contribution in [-0.2, 0) is 4.79 Å². The van der Waals surface area contributed by atoms with Crippen molar-refractivity contribution in [2.24, 2.45) is 0 Å². The molecule has 0 atom stereocenters. The Morgan fingerprint density at radius 1 is 1.20 bits per heavy atom. The first-order chi connectivity index (χ1) is 12.2. The lowest BCUT2D eigenvalue weighted by Gasteiger charge is -2.15. The van der Waals surface area contributed by atoms with Gasteiger partial charge < -0.3 is 19.1 Å². The number of methoxy groups -OCH3 is 1. The molecule has 25 heavy (non-hydrogen) atoms. The van der Waals surface area contributed by atoms with Crippen molar-refractivity contribution < 1.29 is 19.0 Å². The molecule has 0 unspecified atom stereocenters. The molecule has 0 saturated heterocycles. The molecule has 5 nitrogen and oxygen atoms in total. The van der Waals surface area contributed by atoms with Gasteiger partial charge in [-0.1, -0.05) is 25.1 Å². The molecule has 0 saturated carbocycles. The topological polar surface area (TPSA) is 48.0 Å². The van der Waals surface area contributed by atoms with Gasteiger partial charge in [0.1, 0.15) is 5.75 Å². The summed E-state index contributed by atoms with van der Waals surface area (Å²) >= 11 is 0. The lowest BCUT2D eigenvalue weighted by molar-refractivity contribution is -0.113. The third kappa shape index (κ3) is 2.52. The molecule has 2 aliphatic heterocycles. The van der Waals surface area contributed by atoms with Crippen LogP contribution in [0.1, 0.15) is 24.5 Å². The molecule has 5 heteroatoms. The standard InChI is InChI=1S/C20H19NO4/c1-3-8-21-16-7-5-4-6-14(16)15(20(21)22)9-13-10-18-19(25-12-24-18)11-17(13)23-2/h4-7,9-11H,3,8,12H2,1-2H3/b15-9-. The fraction of sp³-hybridized carbons (Fsp3) is 0.250. The quantitative estimate of drug-likeness (QED) is 0.798. The maximum atomic E-state index is 13.0. The highest BCUT2D eigenvalue weighted by molar-refractivity contribution is 6.35. The van der Waals surface area contributed by atoms with Crippen LogP contribution in [0.4, 0.5) is 5.69 Å². The molecule has 2 aromatic rings. The summed E-state index contributed by atoms with van der Waals surface area (Å²) in [5, 5.41) is 0. The number of carbonyl (C=O) groups is 1. The number of para-hydroxylation sites is 1. The normalized spacial score (nSPS) is 16.5. The summed E-state index contributed by atoms with van der Waals surface area (Å²) in [4.78, 5) is 14.8. The van der Waals surface area contributed by atoms with Gasteiger partial charge in [-0.15, -0.1) is 0 Å². The molecule has 4 rings (SSSR count). The van der Waals surface area contributed by atoms with Gasteiger partial charge in [0.2, 0.25) is 6.79 Å². The molecule has 2 aliphatic rings. The Labute approximate surface area is 146 Å². The van der Waals surface area contributed by atoms with Crippen molar-refractivity contribution in [2.75, 3.05) is 25.3 Å². The zero-order valence-corrected chi connectivity index (χ0v) is 14.2. The summed E-state index contributed by atoms with van der Waals surface area (Å²) in [7, 11) is 1.60. The summed E-state index contributed by atoms with van der Waals surface area (Å²) in [6.45, 7) is 2.97. The summed E-state index contributed by atoms with van der Waals surface area (Å²) in [6.07, 6.45) is 2.78. The van der Waals surface area contributed by atoms with Gasteiger partial charge in [0.15, 0.2) is 11.5 Å². The van der Waals surface area contributed by atoms with E-state index in [2.05, 4.69) is 6.92 Å². The van der Waals surface area contributed by atoms with E-state index in [-0.39, 0.29) is 12.7 Å². The van der Waals surface area contributed by atoms with Gasteiger partial charge in [-0.2, -0.15) is 0 Å². The van der Waals surface area contributed by atoms with E-state index < -0.39 is 0 Å². The molecule has 1 amide bonds. The minimum Gasteiger partial charge on any atom is -0.496 e. The lowest BCUT2D eigenvalue weighted by Crippen LogP contribution is -2.26. The van der Waals surface area contributed by atoms with Crippen LogP contribution in [-0.4, -0.2) is 26.4 Å². The summed E-state index contributed by atoms with van der Waals surface area (Å²) in [5.41, 5.74) is 3.37.